The van der Waals surface area contributed by atoms with Crippen molar-refractivity contribution in [2.45, 2.75) is 56.0 Å². The maximum absolute atomic E-state index is 13.8. The Labute approximate surface area is 358 Å². The van der Waals surface area contributed by atoms with Gasteiger partial charge in [-0.3, -0.25) is 39.0 Å². The van der Waals surface area contributed by atoms with Crippen LogP contribution in [0.15, 0.2) is 102 Å². The van der Waals surface area contributed by atoms with Crippen LogP contribution in [-0.2, 0) is 35.6 Å². The van der Waals surface area contributed by atoms with Crippen molar-refractivity contribution in [3.63, 3.8) is 0 Å². The highest BCUT2D eigenvalue weighted by atomic mass is 32.2. The van der Waals surface area contributed by atoms with E-state index in [0.717, 1.165) is 32.6 Å². The summed E-state index contributed by atoms with van der Waals surface area (Å²) in [4.78, 5) is 85.7. The number of amides is 6. The zero-order valence-corrected chi connectivity index (χ0v) is 34.8. The number of imide groups is 2. The highest BCUT2D eigenvalue weighted by Crippen LogP contribution is 2.32. The molecule has 0 saturated carbocycles. The molecule has 0 spiro atoms. The minimum atomic E-state index is -4.03. The van der Waals surface area contributed by atoms with Crippen molar-refractivity contribution < 1.29 is 37.2 Å². The van der Waals surface area contributed by atoms with Crippen LogP contribution in [0, 0.1) is 6.92 Å². The Bertz CT molecular complexity index is 2670. The number of hydrogen-bond acceptors (Lipinski definition) is 10. The van der Waals surface area contributed by atoms with Gasteiger partial charge in [0.15, 0.2) is 0 Å². The number of aryl methyl sites for hydroxylation is 1. The molecule has 1 unspecified atom stereocenters. The van der Waals surface area contributed by atoms with E-state index < -0.39 is 51.6 Å². The average molecular weight is 859 g/mol. The number of fused-ring (bicyclic) bond motifs is 2. The van der Waals surface area contributed by atoms with Crippen LogP contribution in [0.1, 0.15) is 57.5 Å². The third-order valence-corrected chi connectivity index (χ3v) is 13.0. The molecular formula is C45H46N8O8S. The van der Waals surface area contributed by atoms with Crippen LogP contribution in [0.2, 0.25) is 0 Å². The van der Waals surface area contributed by atoms with Crippen molar-refractivity contribution in [2.75, 3.05) is 48.3 Å². The normalized spacial score (nSPS) is 17.2. The second-order valence-electron chi connectivity index (χ2n) is 15.7. The Morgan fingerprint density at radius 3 is 2.34 bits per heavy atom. The number of para-hydroxylation sites is 1. The standard InChI is InChI=1S/C45H46N8O8S/c1-28-11-17-32(18-12-28)62(60,61)50-37(26-29-27-47-35-8-3-2-6-33(29)35)42(56)48-30-13-15-31(16-14-30)51-22-24-52(25-23-51)40(55)10-5-21-46-36-9-4-7-34-41(36)45(59)53(44(34)58)38-19-20-39(54)49-43(38)57/h2-4,6-9,11-18,27,37-38,46-47,50H,5,10,19-26H2,1H3,(H,48,56)(H,49,54,57)/t37-,38?/m0/s1. The van der Waals surface area contributed by atoms with E-state index in [1.807, 2.05) is 48.2 Å². The Hall–Kier alpha value is -6.85. The number of aromatic nitrogens is 1. The molecule has 2 fully saturated rings. The molecule has 4 heterocycles. The summed E-state index contributed by atoms with van der Waals surface area (Å²) in [6, 6.07) is 24.1. The number of H-pyrrole nitrogens is 1. The van der Waals surface area contributed by atoms with Gasteiger partial charge in [0.05, 0.1) is 16.0 Å². The van der Waals surface area contributed by atoms with E-state index in [1.165, 1.54) is 18.2 Å². The molecule has 1 aromatic heterocycles. The maximum Gasteiger partial charge on any atom is 0.264 e. The number of benzene rings is 4. The van der Waals surface area contributed by atoms with Gasteiger partial charge in [-0.15, -0.1) is 0 Å². The molecule has 3 aliphatic rings. The number of piperazine rings is 1. The summed E-state index contributed by atoms with van der Waals surface area (Å²) in [5.74, 6) is -2.79. The SMILES string of the molecule is Cc1ccc(S(=O)(=O)N[C@@H](Cc2c[nH]c3ccccc23)C(=O)Nc2ccc(N3CCN(C(=O)CCCNc4cccc5c4C(=O)N(C4CCC(=O)NC4=O)C5=O)CC3)cc2)cc1. The van der Waals surface area contributed by atoms with Gasteiger partial charge in [0, 0.05) is 79.7 Å². The molecule has 2 saturated heterocycles. The van der Waals surface area contributed by atoms with Crippen molar-refractivity contribution in [2.24, 2.45) is 0 Å². The van der Waals surface area contributed by atoms with Gasteiger partial charge in [0.2, 0.25) is 33.7 Å². The number of piperidine rings is 1. The highest BCUT2D eigenvalue weighted by molar-refractivity contribution is 7.89. The molecular weight excluding hydrogens is 813 g/mol. The van der Waals surface area contributed by atoms with Crippen molar-refractivity contribution in [1.82, 2.24) is 24.8 Å². The highest BCUT2D eigenvalue weighted by Gasteiger charge is 2.45. The number of nitrogens with one attached hydrogen (secondary N) is 5. The molecule has 0 bridgehead atoms. The molecule has 5 aromatic rings. The number of carbonyl (C=O) groups excluding carboxylic acids is 6. The zero-order chi connectivity index (χ0) is 43.5. The first-order chi connectivity index (χ1) is 29.9. The first kappa shape index (κ1) is 41.9. The lowest BCUT2D eigenvalue weighted by Crippen LogP contribution is -2.54. The summed E-state index contributed by atoms with van der Waals surface area (Å²) >= 11 is 0. The van der Waals surface area contributed by atoms with Crippen molar-refractivity contribution in [1.29, 1.82) is 0 Å². The summed E-state index contributed by atoms with van der Waals surface area (Å²) in [5, 5.41) is 9.18. The van der Waals surface area contributed by atoms with Crippen molar-refractivity contribution in [3.05, 3.63) is 119 Å². The molecule has 2 atom stereocenters. The predicted octanol–water partition coefficient (Wildman–Crippen LogP) is 3.95. The number of carbonyl (C=O) groups is 6. The Morgan fingerprint density at radius 1 is 0.855 bits per heavy atom. The molecule has 4 aromatic carbocycles. The van der Waals surface area contributed by atoms with E-state index in [1.54, 1.807) is 42.6 Å². The van der Waals surface area contributed by atoms with Gasteiger partial charge in [-0.25, -0.2) is 8.42 Å². The minimum Gasteiger partial charge on any atom is -0.384 e. The van der Waals surface area contributed by atoms with E-state index in [0.29, 0.717) is 50.5 Å². The molecule has 16 nitrogen and oxygen atoms in total. The average Bonchev–Trinajstić information content (AvgIpc) is 3.79. The smallest absolute Gasteiger partial charge is 0.264 e. The number of hydrogen-bond donors (Lipinski definition) is 5. The summed E-state index contributed by atoms with van der Waals surface area (Å²) in [6.07, 6.45) is 2.76. The van der Waals surface area contributed by atoms with E-state index >= 15 is 0 Å². The van der Waals surface area contributed by atoms with Gasteiger partial charge in [0.1, 0.15) is 12.1 Å². The van der Waals surface area contributed by atoms with Gasteiger partial charge in [-0.2, -0.15) is 4.72 Å². The van der Waals surface area contributed by atoms with Crippen LogP contribution in [-0.4, -0.2) is 103 Å². The fraction of sp³-hybridized carbons (Fsp3) is 0.289. The topological polar surface area (TPSA) is 210 Å². The Morgan fingerprint density at radius 2 is 1.60 bits per heavy atom. The van der Waals surface area contributed by atoms with E-state index in [4.69, 9.17) is 0 Å². The maximum atomic E-state index is 13.8. The predicted molar refractivity (Wildman–Crippen MR) is 232 cm³/mol. The van der Waals surface area contributed by atoms with E-state index in [9.17, 15) is 37.2 Å². The molecule has 0 aliphatic carbocycles. The van der Waals surface area contributed by atoms with E-state index in [2.05, 4.69) is 30.6 Å². The summed E-state index contributed by atoms with van der Waals surface area (Å²) in [5.41, 5.74) is 4.80. The monoisotopic (exact) mass is 858 g/mol. The van der Waals surface area contributed by atoms with Crippen LogP contribution in [0.25, 0.3) is 10.9 Å². The molecule has 320 valence electrons. The molecule has 62 heavy (non-hydrogen) atoms. The molecule has 8 rings (SSSR count). The van der Waals surface area contributed by atoms with Crippen LogP contribution in [0.5, 0.6) is 0 Å². The fourth-order valence-electron chi connectivity index (χ4n) is 8.16. The number of aromatic amines is 1. The molecule has 6 amide bonds. The van der Waals surface area contributed by atoms with Crippen molar-refractivity contribution >= 4 is 73.4 Å². The third-order valence-electron chi connectivity index (χ3n) is 11.5. The zero-order valence-electron chi connectivity index (χ0n) is 34.0. The Balaban J connectivity index is 0.827. The number of rotatable bonds is 14. The lowest BCUT2D eigenvalue weighted by molar-refractivity contribution is -0.136. The molecule has 0 radical (unpaired) electrons. The molecule has 3 aliphatic heterocycles. The minimum absolute atomic E-state index is 0.00159. The van der Waals surface area contributed by atoms with Crippen LogP contribution >= 0.6 is 0 Å². The largest absolute Gasteiger partial charge is 0.384 e. The number of nitrogens with zero attached hydrogens (tertiary/aromatic N) is 3. The molecule has 5 N–H and O–H groups in total. The first-order valence-electron chi connectivity index (χ1n) is 20.5. The quantitative estimate of drug-likeness (QED) is 0.0803. The summed E-state index contributed by atoms with van der Waals surface area (Å²) in [6.45, 7) is 4.46. The molecule has 17 heteroatoms. The first-order valence-corrected chi connectivity index (χ1v) is 22.0. The Kier molecular flexibility index (Phi) is 11.9. The van der Waals surface area contributed by atoms with Crippen LogP contribution < -0.4 is 25.6 Å². The van der Waals surface area contributed by atoms with Gasteiger partial charge in [-0.1, -0.05) is 42.0 Å². The second kappa shape index (κ2) is 17.6. The van der Waals surface area contributed by atoms with Gasteiger partial charge < -0.3 is 25.4 Å². The summed E-state index contributed by atoms with van der Waals surface area (Å²) in [7, 11) is -4.03. The van der Waals surface area contributed by atoms with Crippen molar-refractivity contribution in [3.8, 4) is 0 Å². The van der Waals surface area contributed by atoms with Gasteiger partial charge in [-0.05, 0) is 86.3 Å². The van der Waals surface area contributed by atoms with Gasteiger partial charge in [0.25, 0.3) is 11.8 Å². The second-order valence-corrected chi connectivity index (χ2v) is 17.4. The number of sulfonamides is 1. The van der Waals surface area contributed by atoms with E-state index in [-0.39, 0.29) is 47.6 Å². The van der Waals surface area contributed by atoms with Crippen LogP contribution in [0.4, 0.5) is 17.1 Å². The number of anilines is 3. The summed E-state index contributed by atoms with van der Waals surface area (Å²) < 4.78 is 29.5. The fourth-order valence-corrected chi connectivity index (χ4v) is 9.36. The van der Waals surface area contributed by atoms with Gasteiger partial charge >= 0.3 is 0 Å². The third kappa shape index (κ3) is 8.80. The lowest BCUT2D eigenvalue weighted by Gasteiger charge is -2.36. The van der Waals surface area contributed by atoms with Crippen LogP contribution in [0.3, 0.4) is 0 Å². The lowest BCUT2D eigenvalue weighted by atomic mass is 10.0.